The normalized spacial score (nSPS) is 14.6. The molecule has 31 heavy (non-hydrogen) atoms. The van der Waals surface area contributed by atoms with E-state index in [0.29, 0.717) is 34.4 Å². The highest BCUT2D eigenvalue weighted by molar-refractivity contribution is 6.32. The highest BCUT2D eigenvalue weighted by Gasteiger charge is 2.34. The summed E-state index contributed by atoms with van der Waals surface area (Å²) in [6.45, 7) is 0.370. The van der Waals surface area contributed by atoms with Gasteiger partial charge in [-0.1, -0.05) is 54.1 Å². The summed E-state index contributed by atoms with van der Waals surface area (Å²) in [6.07, 6.45) is 1.60. The summed E-state index contributed by atoms with van der Waals surface area (Å²) in [4.78, 5) is 26.3. The number of anilines is 1. The first kappa shape index (κ1) is 20.5. The molecule has 3 amide bonds. The Hall–Kier alpha value is -3.77. The third-order valence-corrected chi connectivity index (χ3v) is 4.92. The molecule has 0 aliphatic carbocycles. The molecule has 0 saturated carbocycles. The minimum atomic E-state index is -0.535. The van der Waals surface area contributed by atoms with Crippen molar-refractivity contribution in [1.29, 1.82) is 0 Å². The van der Waals surface area contributed by atoms with Crippen molar-refractivity contribution in [3.63, 3.8) is 0 Å². The number of methoxy groups -OCH3 is 1. The second-order valence-electron chi connectivity index (χ2n) is 6.79. The quantitative estimate of drug-likeness (QED) is 0.436. The number of imide groups is 1. The molecule has 0 radical (unpaired) electrons. The molecule has 4 rings (SSSR count). The van der Waals surface area contributed by atoms with Crippen LogP contribution in [0.5, 0.6) is 11.5 Å². The van der Waals surface area contributed by atoms with E-state index in [1.807, 2.05) is 30.3 Å². The van der Waals surface area contributed by atoms with Crippen molar-refractivity contribution < 1.29 is 19.1 Å². The van der Waals surface area contributed by atoms with E-state index in [1.54, 1.807) is 55.7 Å². The number of halogens is 1. The fourth-order valence-corrected chi connectivity index (χ4v) is 3.37. The molecule has 1 heterocycles. The Morgan fingerprint density at radius 3 is 2.52 bits per heavy atom. The predicted octanol–water partition coefficient (Wildman–Crippen LogP) is 5.02. The Bertz CT molecular complexity index is 1160. The summed E-state index contributed by atoms with van der Waals surface area (Å²) in [6, 6.07) is 21.1. The third-order valence-electron chi connectivity index (χ3n) is 4.68. The van der Waals surface area contributed by atoms with Gasteiger partial charge >= 0.3 is 6.03 Å². The summed E-state index contributed by atoms with van der Waals surface area (Å²) in [5.41, 5.74) is 2.26. The average Bonchev–Trinajstić information content (AvgIpc) is 3.06. The molecule has 0 bridgehead atoms. The van der Waals surface area contributed by atoms with Crippen molar-refractivity contribution in [2.24, 2.45) is 0 Å². The maximum atomic E-state index is 12.8. The SMILES string of the molecule is COc1ccc(/C=C2/NC(=O)N(c3cccc(Cl)c3)C2=O)cc1OCc1ccccc1. The van der Waals surface area contributed by atoms with Gasteiger partial charge in [0.2, 0.25) is 0 Å². The number of ether oxygens (including phenoxy) is 2. The Morgan fingerprint density at radius 2 is 1.77 bits per heavy atom. The lowest BCUT2D eigenvalue weighted by atomic mass is 10.1. The summed E-state index contributed by atoms with van der Waals surface area (Å²) in [5, 5.41) is 3.05. The van der Waals surface area contributed by atoms with Crippen molar-refractivity contribution >= 4 is 35.3 Å². The Kier molecular flexibility index (Phi) is 5.91. The second-order valence-corrected chi connectivity index (χ2v) is 7.23. The van der Waals surface area contributed by atoms with Crippen LogP contribution in [0.3, 0.4) is 0 Å². The van der Waals surface area contributed by atoms with Crippen molar-refractivity contribution in [3.8, 4) is 11.5 Å². The first-order valence-corrected chi connectivity index (χ1v) is 9.90. The molecule has 1 saturated heterocycles. The number of rotatable bonds is 6. The lowest BCUT2D eigenvalue weighted by Gasteiger charge is -2.12. The van der Waals surface area contributed by atoms with Gasteiger partial charge in [-0.2, -0.15) is 0 Å². The van der Waals surface area contributed by atoms with Crippen LogP contribution < -0.4 is 19.7 Å². The Morgan fingerprint density at radius 1 is 0.968 bits per heavy atom. The van der Waals surface area contributed by atoms with Gasteiger partial charge in [-0.3, -0.25) is 4.79 Å². The molecule has 3 aromatic rings. The van der Waals surface area contributed by atoms with E-state index in [9.17, 15) is 9.59 Å². The molecule has 0 aromatic heterocycles. The summed E-state index contributed by atoms with van der Waals surface area (Å²) < 4.78 is 11.3. The molecular formula is C24H19ClN2O4. The van der Waals surface area contributed by atoms with Crippen LogP contribution in [0.15, 0.2) is 78.5 Å². The Labute approximate surface area is 184 Å². The lowest BCUT2D eigenvalue weighted by molar-refractivity contribution is -0.113. The van der Waals surface area contributed by atoms with Crippen molar-refractivity contribution in [1.82, 2.24) is 5.32 Å². The van der Waals surface area contributed by atoms with Gasteiger partial charge in [-0.15, -0.1) is 0 Å². The average molecular weight is 435 g/mol. The van der Waals surface area contributed by atoms with Crippen molar-refractivity contribution in [2.75, 3.05) is 12.0 Å². The molecule has 1 fully saturated rings. The number of nitrogens with one attached hydrogen (secondary N) is 1. The van der Waals surface area contributed by atoms with E-state index in [2.05, 4.69) is 5.32 Å². The fourth-order valence-electron chi connectivity index (χ4n) is 3.18. The standard InChI is InChI=1S/C24H19ClN2O4/c1-30-21-11-10-17(13-22(21)31-15-16-6-3-2-4-7-16)12-20-23(28)27(24(29)26-20)19-9-5-8-18(25)14-19/h2-14H,15H2,1H3,(H,26,29)/b20-12+. The van der Waals surface area contributed by atoms with Crippen LogP contribution >= 0.6 is 11.6 Å². The van der Waals surface area contributed by atoms with Gasteiger partial charge in [0, 0.05) is 5.02 Å². The van der Waals surface area contributed by atoms with Crippen LogP contribution in [-0.2, 0) is 11.4 Å². The summed E-state index contributed by atoms with van der Waals surface area (Å²) in [7, 11) is 1.56. The monoisotopic (exact) mass is 434 g/mol. The minimum Gasteiger partial charge on any atom is -0.493 e. The summed E-state index contributed by atoms with van der Waals surface area (Å²) in [5.74, 6) is 0.638. The maximum Gasteiger partial charge on any atom is 0.333 e. The van der Waals surface area contributed by atoms with Crippen LogP contribution in [0, 0.1) is 0 Å². The molecule has 1 aliphatic rings. The number of urea groups is 1. The smallest absolute Gasteiger partial charge is 0.333 e. The highest BCUT2D eigenvalue weighted by Crippen LogP contribution is 2.31. The largest absolute Gasteiger partial charge is 0.493 e. The molecule has 3 aromatic carbocycles. The van der Waals surface area contributed by atoms with Crippen LogP contribution in [0.4, 0.5) is 10.5 Å². The number of benzene rings is 3. The lowest BCUT2D eigenvalue weighted by Crippen LogP contribution is -2.30. The summed E-state index contributed by atoms with van der Waals surface area (Å²) >= 11 is 5.99. The number of nitrogens with zero attached hydrogens (tertiary/aromatic N) is 1. The van der Waals surface area contributed by atoms with E-state index in [-0.39, 0.29) is 5.70 Å². The first-order valence-electron chi connectivity index (χ1n) is 9.52. The van der Waals surface area contributed by atoms with E-state index in [4.69, 9.17) is 21.1 Å². The van der Waals surface area contributed by atoms with Gasteiger partial charge in [-0.25, -0.2) is 9.69 Å². The molecule has 0 unspecified atom stereocenters. The fraction of sp³-hybridized carbons (Fsp3) is 0.0833. The van der Waals surface area contributed by atoms with Crippen LogP contribution in [0.25, 0.3) is 6.08 Å². The maximum absolute atomic E-state index is 12.8. The molecule has 1 aliphatic heterocycles. The van der Waals surface area contributed by atoms with E-state index >= 15 is 0 Å². The highest BCUT2D eigenvalue weighted by atomic mass is 35.5. The number of hydrogen-bond acceptors (Lipinski definition) is 4. The first-order chi connectivity index (χ1) is 15.0. The van der Waals surface area contributed by atoms with Crippen LogP contribution in [-0.4, -0.2) is 19.0 Å². The van der Waals surface area contributed by atoms with Gasteiger partial charge < -0.3 is 14.8 Å². The predicted molar refractivity (Wildman–Crippen MR) is 119 cm³/mol. The van der Waals surface area contributed by atoms with Gasteiger partial charge in [0.05, 0.1) is 12.8 Å². The minimum absolute atomic E-state index is 0.157. The zero-order chi connectivity index (χ0) is 21.8. The van der Waals surface area contributed by atoms with Crippen molar-refractivity contribution in [2.45, 2.75) is 6.61 Å². The van der Waals surface area contributed by atoms with Crippen molar-refractivity contribution in [3.05, 3.63) is 94.6 Å². The second kappa shape index (κ2) is 8.93. The number of carbonyl (C=O) groups excluding carboxylic acids is 2. The number of amides is 3. The zero-order valence-electron chi connectivity index (χ0n) is 16.7. The third kappa shape index (κ3) is 4.54. The molecule has 7 heteroatoms. The van der Waals surface area contributed by atoms with Gasteiger partial charge in [0.15, 0.2) is 11.5 Å². The van der Waals surface area contributed by atoms with E-state index in [1.165, 1.54) is 0 Å². The molecule has 0 spiro atoms. The molecule has 156 valence electrons. The van der Waals surface area contributed by atoms with Gasteiger partial charge in [-0.05, 0) is 47.5 Å². The molecule has 0 atom stereocenters. The Balaban J connectivity index is 1.58. The van der Waals surface area contributed by atoms with Crippen LogP contribution in [0.2, 0.25) is 5.02 Å². The molecule has 1 N–H and O–H groups in total. The van der Waals surface area contributed by atoms with E-state index < -0.39 is 11.9 Å². The van der Waals surface area contributed by atoms with Crippen LogP contribution in [0.1, 0.15) is 11.1 Å². The van der Waals surface area contributed by atoms with Gasteiger partial charge in [0.25, 0.3) is 5.91 Å². The van der Waals surface area contributed by atoms with E-state index in [0.717, 1.165) is 10.5 Å². The number of hydrogen-bond donors (Lipinski definition) is 1. The topological polar surface area (TPSA) is 67.9 Å². The number of carbonyl (C=O) groups is 2. The molecular weight excluding hydrogens is 416 g/mol. The molecule has 6 nitrogen and oxygen atoms in total. The zero-order valence-corrected chi connectivity index (χ0v) is 17.4. The van der Waals surface area contributed by atoms with Gasteiger partial charge in [0.1, 0.15) is 12.3 Å².